The zero-order valence-corrected chi connectivity index (χ0v) is 10.2. The van der Waals surface area contributed by atoms with Gasteiger partial charge in [-0.3, -0.25) is 4.79 Å². The van der Waals surface area contributed by atoms with E-state index in [0.717, 1.165) is 12.8 Å². The molecule has 0 heterocycles. The maximum atomic E-state index is 12.9. The molecule has 2 fully saturated rings. The van der Waals surface area contributed by atoms with E-state index in [9.17, 15) is 18.0 Å². The Labute approximate surface area is 104 Å². The maximum absolute atomic E-state index is 12.9. The second-order valence-corrected chi connectivity index (χ2v) is 5.51. The molecule has 2 saturated carbocycles. The van der Waals surface area contributed by atoms with Crippen LogP contribution in [0.1, 0.15) is 38.5 Å². The Morgan fingerprint density at radius 1 is 1.28 bits per heavy atom. The van der Waals surface area contributed by atoms with E-state index in [-0.39, 0.29) is 6.42 Å². The van der Waals surface area contributed by atoms with Crippen LogP contribution in [0, 0.1) is 11.8 Å². The van der Waals surface area contributed by atoms with Gasteiger partial charge in [0.15, 0.2) is 0 Å². The van der Waals surface area contributed by atoms with E-state index in [2.05, 4.69) is 5.32 Å². The molecule has 2 unspecified atom stereocenters. The zero-order chi connectivity index (χ0) is 13.4. The zero-order valence-electron chi connectivity index (χ0n) is 10.2. The number of carbonyl (C=O) groups is 1. The lowest BCUT2D eigenvalue weighted by atomic mass is 9.78. The highest BCUT2D eigenvalue weighted by atomic mass is 19.4. The van der Waals surface area contributed by atoms with Gasteiger partial charge in [-0.15, -0.1) is 0 Å². The molecule has 3 N–H and O–H groups in total. The third kappa shape index (κ3) is 2.79. The first-order chi connectivity index (χ1) is 8.38. The Hall–Kier alpha value is -0.780. The number of amides is 1. The fourth-order valence-electron chi connectivity index (χ4n) is 2.72. The molecule has 0 aromatic heterocycles. The first kappa shape index (κ1) is 13.6. The van der Waals surface area contributed by atoms with Gasteiger partial charge in [0.25, 0.3) is 0 Å². The summed E-state index contributed by atoms with van der Waals surface area (Å²) in [6, 6.07) is 0. The number of carbonyl (C=O) groups excluding carboxylic acids is 1. The molecule has 104 valence electrons. The molecular formula is C12H19F3N2O. The van der Waals surface area contributed by atoms with Gasteiger partial charge in [-0.1, -0.05) is 12.8 Å². The van der Waals surface area contributed by atoms with Crippen LogP contribution in [-0.2, 0) is 4.79 Å². The number of halogens is 3. The molecule has 0 aromatic carbocycles. The lowest BCUT2D eigenvalue weighted by Gasteiger charge is -2.33. The summed E-state index contributed by atoms with van der Waals surface area (Å²) in [5, 5.41) is 2.72. The molecule has 0 spiro atoms. The van der Waals surface area contributed by atoms with Gasteiger partial charge < -0.3 is 11.1 Å². The van der Waals surface area contributed by atoms with Crippen molar-refractivity contribution >= 4 is 5.91 Å². The first-order valence-corrected chi connectivity index (χ1v) is 6.47. The second-order valence-electron chi connectivity index (χ2n) is 5.51. The SMILES string of the molecule is NCC1(NC(=O)C2CCCCC2C(F)(F)F)CC1. The average Bonchev–Trinajstić information content (AvgIpc) is 3.08. The van der Waals surface area contributed by atoms with Crippen molar-refractivity contribution in [1.82, 2.24) is 5.32 Å². The number of nitrogens with two attached hydrogens (primary N) is 1. The summed E-state index contributed by atoms with van der Waals surface area (Å²) in [7, 11) is 0. The molecule has 2 atom stereocenters. The molecule has 18 heavy (non-hydrogen) atoms. The van der Waals surface area contributed by atoms with Crippen LogP contribution in [0.5, 0.6) is 0 Å². The van der Waals surface area contributed by atoms with Crippen molar-refractivity contribution < 1.29 is 18.0 Å². The van der Waals surface area contributed by atoms with E-state index in [4.69, 9.17) is 5.73 Å². The van der Waals surface area contributed by atoms with Crippen LogP contribution in [0.3, 0.4) is 0 Å². The minimum atomic E-state index is -4.28. The molecule has 0 saturated heterocycles. The molecule has 1 amide bonds. The molecule has 2 rings (SSSR count). The quantitative estimate of drug-likeness (QED) is 0.818. The molecule has 0 bridgehead atoms. The van der Waals surface area contributed by atoms with Crippen LogP contribution in [0.15, 0.2) is 0 Å². The smallest absolute Gasteiger partial charge is 0.349 e. The van der Waals surface area contributed by atoms with Crippen molar-refractivity contribution in [2.45, 2.75) is 50.2 Å². The number of hydrogen-bond donors (Lipinski definition) is 2. The van der Waals surface area contributed by atoms with Gasteiger partial charge in [-0.2, -0.15) is 13.2 Å². The molecule has 6 heteroatoms. The summed E-state index contributed by atoms with van der Waals surface area (Å²) in [4.78, 5) is 12.0. The number of nitrogens with one attached hydrogen (secondary N) is 1. The fraction of sp³-hybridized carbons (Fsp3) is 0.917. The van der Waals surface area contributed by atoms with Crippen LogP contribution in [0.25, 0.3) is 0 Å². The maximum Gasteiger partial charge on any atom is 0.392 e. The molecule has 0 radical (unpaired) electrons. The Morgan fingerprint density at radius 3 is 2.39 bits per heavy atom. The summed E-state index contributed by atoms with van der Waals surface area (Å²) in [6.07, 6.45) is -1.08. The van der Waals surface area contributed by atoms with Crippen molar-refractivity contribution in [3.05, 3.63) is 0 Å². The van der Waals surface area contributed by atoms with Crippen molar-refractivity contribution in [2.75, 3.05) is 6.54 Å². The van der Waals surface area contributed by atoms with E-state index in [1.54, 1.807) is 0 Å². The molecule has 3 nitrogen and oxygen atoms in total. The van der Waals surface area contributed by atoms with Crippen molar-refractivity contribution in [1.29, 1.82) is 0 Å². The second kappa shape index (κ2) is 4.72. The first-order valence-electron chi connectivity index (χ1n) is 6.47. The highest BCUT2D eigenvalue weighted by Gasteiger charge is 2.50. The Bertz CT molecular complexity index is 326. The lowest BCUT2D eigenvalue weighted by Crippen LogP contribution is -2.49. The molecule has 2 aliphatic carbocycles. The Balaban J connectivity index is 2.02. The van der Waals surface area contributed by atoms with Gasteiger partial charge in [-0.05, 0) is 25.7 Å². The minimum Gasteiger partial charge on any atom is -0.349 e. The molecular weight excluding hydrogens is 245 g/mol. The number of rotatable bonds is 3. The van der Waals surface area contributed by atoms with E-state index in [1.165, 1.54) is 0 Å². The molecule has 2 aliphatic rings. The summed E-state index contributed by atoms with van der Waals surface area (Å²) in [5.74, 6) is -2.87. The van der Waals surface area contributed by atoms with Crippen molar-refractivity contribution in [2.24, 2.45) is 17.6 Å². The fourth-order valence-corrected chi connectivity index (χ4v) is 2.72. The predicted molar refractivity (Wildman–Crippen MR) is 60.7 cm³/mol. The lowest BCUT2D eigenvalue weighted by molar-refractivity contribution is -0.198. The number of hydrogen-bond acceptors (Lipinski definition) is 2. The summed E-state index contributed by atoms with van der Waals surface area (Å²) in [6.45, 7) is 0.308. The monoisotopic (exact) mass is 264 g/mol. The Morgan fingerprint density at radius 2 is 1.89 bits per heavy atom. The summed E-state index contributed by atoms with van der Waals surface area (Å²) in [5.41, 5.74) is 5.12. The third-order valence-corrected chi connectivity index (χ3v) is 4.16. The standard InChI is InChI=1S/C12H19F3N2O/c13-12(14,15)9-4-2-1-3-8(9)10(18)17-11(7-16)5-6-11/h8-9H,1-7,16H2,(H,17,18). The largest absolute Gasteiger partial charge is 0.392 e. The summed E-state index contributed by atoms with van der Waals surface area (Å²) < 4.78 is 38.6. The van der Waals surface area contributed by atoms with Gasteiger partial charge in [0.1, 0.15) is 0 Å². The Kier molecular flexibility index (Phi) is 3.58. The van der Waals surface area contributed by atoms with Gasteiger partial charge in [0, 0.05) is 12.5 Å². The highest BCUT2D eigenvalue weighted by Crippen LogP contribution is 2.42. The van der Waals surface area contributed by atoms with Crippen LogP contribution >= 0.6 is 0 Å². The van der Waals surface area contributed by atoms with Gasteiger partial charge in [0.05, 0.1) is 11.5 Å². The van der Waals surface area contributed by atoms with Gasteiger partial charge >= 0.3 is 6.18 Å². The van der Waals surface area contributed by atoms with Crippen LogP contribution in [-0.4, -0.2) is 24.2 Å². The molecule has 0 aliphatic heterocycles. The van der Waals surface area contributed by atoms with Gasteiger partial charge in [0.2, 0.25) is 5.91 Å². The van der Waals surface area contributed by atoms with E-state index in [0.29, 0.717) is 25.8 Å². The predicted octanol–water partition coefficient (Wildman–Crippen LogP) is 1.96. The minimum absolute atomic E-state index is 0.0667. The van der Waals surface area contributed by atoms with Crippen molar-refractivity contribution in [3.8, 4) is 0 Å². The topological polar surface area (TPSA) is 55.1 Å². The highest BCUT2D eigenvalue weighted by molar-refractivity contribution is 5.80. The van der Waals surface area contributed by atoms with Gasteiger partial charge in [-0.25, -0.2) is 0 Å². The van der Waals surface area contributed by atoms with Crippen LogP contribution < -0.4 is 11.1 Å². The normalized spacial score (nSPS) is 30.9. The third-order valence-electron chi connectivity index (χ3n) is 4.16. The van der Waals surface area contributed by atoms with Crippen LogP contribution in [0.4, 0.5) is 13.2 Å². The van der Waals surface area contributed by atoms with E-state index < -0.39 is 29.5 Å². The summed E-state index contributed by atoms with van der Waals surface area (Å²) >= 11 is 0. The number of alkyl halides is 3. The molecule has 0 aromatic rings. The average molecular weight is 264 g/mol. The van der Waals surface area contributed by atoms with Crippen LogP contribution in [0.2, 0.25) is 0 Å². The van der Waals surface area contributed by atoms with Crippen molar-refractivity contribution in [3.63, 3.8) is 0 Å². The van der Waals surface area contributed by atoms with E-state index in [1.807, 2.05) is 0 Å². The van der Waals surface area contributed by atoms with E-state index >= 15 is 0 Å².